The molecule has 1 saturated heterocycles. The predicted octanol–water partition coefficient (Wildman–Crippen LogP) is 5.21. The largest absolute Gasteiger partial charge is 0.274 e. The van der Waals surface area contributed by atoms with Crippen LogP contribution in [0, 0.1) is 22.0 Å². The van der Waals surface area contributed by atoms with Crippen molar-refractivity contribution in [1.82, 2.24) is 5.43 Å². The number of imide groups is 1. The summed E-state index contributed by atoms with van der Waals surface area (Å²) in [6.45, 7) is 0. The van der Waals surface area contributed by atoms with E-state index < -0.39 is 28.1 Å². The number of rotatable bonds is 5. The van der Waals surface area contributed by atoms with Crippen LogP contribution in [0.5, 0.6) is 0 Å². The van der Waals surface area contributed by atoms with Crippen LogP contribution in [-0.4, -0.2) is 28.9 Å². The van der Waals surface area contributed by atoms with Crippen LogP contribution < -0.4 is 10.3 Å². The molecule has 0 radical (unpaired) electrons. The number of carbonyl (C=O) groups is 3. The third kappa shape index (κ3) is 3.50. The number of hydrogen-bond acceptors (Lipinski definition) is 6. The van der Waals surface area contributed by atoms with Crippen molar-refractivity contribution in [3.8, 4) is 0 Å². The molecule has 2 bridgehead atoms. The zero-order valence-corrected chi connectivity index (χ0v) is 22.6. The number of carbonyl (C=O) groups excluding carboxylic acids is 3. The first kappa shape index (κ1) is 25.8. The second-order valence-electron chi connectivity index (χ2n) is 10.5. The van der Waals surface area contributed by atoms with Crippen molar-refractivity contribution in [3.63, 3.8) is 0 Å². The molecule has 0 unspecified atom stereocenters. The van der Waals surface area contributed by atoms with Crippen molar-refractivity contribution in [2.45, 2.75) is 11.3 Å². The monoisotopic (exact) mass is 576 g/mol. The van der Waals surface area contributed by atoms with E-state index in [1.54, 1.807) is 30.5 Å². The van der Waals surface area contributed by atoms with E-state index >= 15 is 0 Å². The summed E-state index contributed by atoms with van der Waals surface area (Å²) < 4.78 is 0. The van der Waals surface area contributed by atoms with E-state index in [4.69, 9.17) is 11.6 Å². The zero-order valence-electron chi connectivity index (χ0n) is 21.8. The number of nitrogens with zero attached hydrogens (tertiary/aromatic N) is 3. The molecule has 2 atom stereocenters. The fourth-order valence-corrected chi connectivity index (χ4v) is 7.13. The molecule has 1 fully saturated rings. The molecule has 1 N–H and O–H groups in total. The number of benzene rings is 4. The number of halogens is 1. The lowest BCUT2D eigenvalue weighted by molar-refractivity contribution is -0.384. The summed E-state index contributed by atoms with van der Waals surface area (Å²) in [7, 11) is 0. The van der Waals surface area contributed by atoms with Gasteiger partial charge in [0.15, 0.2) is 0 Å². The fourth-order valence-electron chi connectivity index (χ4n) is 6.91. The Morgan fingerprint density at radius 3 is 2.10 bits per heavy atom. The van der Waals surface area contributed by atoms with Crippen molar-refractivity contribution in [3.05, 3.63) is 140 Å². The Balaban J connectivity index is 1.37. The molecular formula is C32H21ClN4O5. The molecule has 4 aliphatic rings. The number of nitrogens with one attached hydrogen (secondary N) is 1. The summed E-state index contributed by atoms with van der Waals surface area (Å²) >= 11 is 6.48. The smallest absolute Gasteiger partial charge is 0.271 e. The number of non-ortho nitro benzene ring substituents is 1. The Labute approximate surface area is 244 Å². The van der Waals surface area contributed by atoms with Crippen LogP contribution in [0.2, 0.25) is 5.02 Å². The molecule has 10 heteroatoms. The Morgan fingerprint density at radius 2 is 1.48 bits per heavy atom. The van der Waals surface area contributed by atoms with Gasteiger partial charge in [0.2, 0.25) is 11.8 Å². The van der Waals surface area contributed by atoms with Crippen LogP contribution in [0.3, 0.4) is 0 Å². The van der Waals surface area contributed by atoms with Gasteiger partial charge in [-0.15, -0.1) is 0 Å². The van der Waals surface area contributed by atoms with Gasteiger partial charge in [-0.2, -0.15) is 5.10 Å². The number of para-hydroxylation sites is 1. The molecule has 3 amide bonds. The number of anilines is 1. The maximum absolute atomic E-state index is 14.4. The first-order valence-electron chi connectivity index (χ1n) is 13.2. The number of hydrogen-bond donors (Lipinski definition) is 1. The van der Waals surface area contributed by atoms with E-state index in [2.05, 4.69) is 10.5 Å². The second-order valence-corrected chi connectivity index (χ2v) is 10.9. The molecule has 0 aromatic heterocycles. The van der Waals surface area contributed by atoms with Gasteiger partial charge >= 0.3 is 0 Å². The van der Waals surface area contributed by atoms with Crippen molar-refractivity contribution in [2.24, 2.45) is 16.9 Å². The van der Waals surface area contributed by atoms with Crippen LogP contribution in [-0.2, 0) is 15.0 Å². The van der Waals surface area contributed by atoms with E-state index in [1.807, 2.05) is 48.5 Å². The first-order valence-corrected chi connectivity index (χ1v) is 13.6. The molecule has 9 nitrogen and oxygen atoms in total. The number of hydrazone groups is 1. The van der Waals surface area contributed by atoms with E-state index in [0.717, 1.165) is 22.3 Å². The molecule has 4 aromatic rings. The Morgan fingerprint density at radius 1 is 0.881 bits per heavy atom. The number of nitro benzene ring substituents is 1. The normalized spacial score (nSPS) is 23.5. The van der Waals surface area contributed by atoms with Gasteiger partial charge in [-0.05, 0) is 46.5 Å². The van der Waals surface area contributed by atoms with E-state index in [1.165, 1.54) is 29.2 Å². The second kappa shape index (κ2) is 9.46. The number of nitro groups is 1. The molecule has 8 rings (SSSR count). The van der Waals surface area contributed by atoms with Gasteiger partial charge in [-0.3, -0.25) is 24.5 Å². The molecule has 206 valence electrons. The van der Waals surface area contributed by atoms with Gasteiger partial charge in [-0.25, -0.2) is 10.3 Å². The standard InChI is InChI=1S/C32H21ClN4O5/c33-24-11-5-6-12-25(24)36-30(39)27-26-20-7-1-3-9-22(20)32(28(27)31(36)40,23-10-4-2-8-21(23)26)17-34-35-29(38)18-13-15-19(16-14-18)37(41)42/h1-17,26-28H,(H,35,38)/b34-17-/t26?,27-,28-,32?/m1/s1. The highest BCUT2D eigenvalue weighted by molar-refractivity contribution is 6.36. The highest BCUT2D eigenvalue weighted by atomic mass is 35.5. The highest BCUT2D eigenvalue weighted by Gasteiger charge is 2.68. The molecule has 3 aliphatic carbocycles. The van der Waals surface area contributed by atoms with Crippen molar-refractivity contribution < 1.29 is 19.3 Å². The average Bonchev–Trinajstić information content (AvgIpc) is 3.28. The summed E-state index contributed by atoms with van der Waals surface area (Å²) in [5, 5.41) is 15.6. The van der Waals surface area contributed by atoms with E-state index in [9.17, 15) is 24.5 Å². The Kier molecular flexibility index (Phi) is 5.81. The van der Waals surface area contributed by atoms with Crippen LogP contribution >= 0.6 is 11.6 Å². The Hall–Kier alpha value is -5.15. The van der Waals surface area contributed by atoms with Gasteiger partial charge in [0.05, 0.1) is 32.9 Å². The lowest BCUT2D eigenvalue weighted by Crippen LogP contribution is -2.54. The van der Waals surface area contributed by atoms with Gasteiger partial charge in [0.25, 0.3) is 11.6 Å². The summed E-state index contributed by atoms with van der Waals surface area (Å²) in [6, 6.07) is 27.3. The predicted molar refractivity (Wildman–Crippen MR) is 155 cm³/mol. The fraction of sp³-hybridized carbons (Fsp3) is 0.125. The molecule has 42 heavy (non-hydrogen) atoms. The SMILES string of the molecule is O=C(N/N=C\C12c3ccccc3C(c3ccccc31)[C@H]1C(=O)N(c3ccccc3Cl)C(=O)[C@@H]12)c1ccc([N+](=O)[O-])cc1. The van der Waals surface area contributed by atoms with Gasteiger partial charge in [0.1, 0.15) is 0 Å². The topological polar surface area (TPSA) is 122 Å². The summed E-state index contributed by atoms with van der Waals surface area (Å²) in [4.78, 5) is 53.1. The van der Waals surface area contributed by atoms with Crippen molar-refractivity contribution in [1.29, 1.82) is 0 Å². The molecule has 4 aromatic carbocycles. The van der Waals surface area contributed by atoms with Gasteiger partial charge in [0, 0.05) is 29.8 Å². The van der Waals surface area contributed by atoms with E-state index in [0.29, 0.717) is 10.7 Å². The van der Waals surface area contributed by atoms with Crippen LogP contribution in [0.4, 0.5) is 11.4 Å². The molecular weight excluding hydrogens is 556 g/mol. The van der Waals surface area contributed by atoms with Gasteiger partial charge < -0.3 is 0 Å². The minimum Gasteiger partial charge on any atom is -0.274 e. The summed E-state index contributed by atoms with van der Waals surface area (Å²) in [5.41, 5.74) is 5.24. The van der Waals surface area contributed by atoms with Crippen molar-refractivity contribution in [2.75, 3.05) is 4.90 Å². The molecule has 1 heterocycles. The minimum absolute atomic E-state index is 0.139. The molecule has 0 spiro atoms. The van der Waals surface area contributed by atoms with E-state index in [-0.39, 0.29) is 29.0 Å². The summed E-state index contributed by atoms with van der Waals surface area (Å²) in [5.74, 6) is -3.20. The average molecular weight is 577 g/mol. The lowest BCUT2D eigenvalue weighted by Gasteiger charge is -2.52. The third-order valence-corrected chi connectivity index (χ3v) is 8.87. The molecule has 1 aliphatic heterocycles. The lowest BCUT2D eigenvalue weighted by atomic mass is 9.47. The number of amides is 3. The highest BCUT2D eigenvalue weighted by Crippen LogP contribution is 2.63. The Bertz CT molecular complexity index is 1810. The third-order valence-electron chi connectivity index (χ3n) is 8.55. The molecule has 0 saturated carbocycles. The summed E-state index contributed by atoms with van der Waals surface area (Å²) in [6.07, 6.45) is 1.56. The maximum Gasteiger partial charge on any atom is 0.271 e. The first-order chi connectivity index (χ1) is 20.3. The zero-order chi connectivity index (χ0) is 29.2. The maximum atomic E-state index is 14.4. The van der Waals surface area contributed by atoms with Crippen LogP contribution in [0.1, 0.15) is 38.5 Å². The minimum atomic E-state index is -1.17. The van der Waals surface area contributed by atoms with Crippen LogP contribution in [0.25, 0.3) is 0 Å². The van der Waals surface area contributed by atoms with Crippen LogP contribution in [0.15, 0.2) is 102 Å². The van der Waals surface area contributed by atoms with Gasteiger partial charge in [-0.1, -0.05) is 72.3 Å². The quantitative estimate of drug-likeness (QED) is 0.151. The van der Waals surface area contributed by atoms with Crippen molar-refractivity contribution >= 4 is 46.9 Å².